The van der Waals surface area contributed by atoms with Crippen LogP contribution in [-0.2, 0) is 9.59 Å². The molecule has 1 saturated heterocycles. The molecule has 1 aromatic heterocycles. The van der Waals surface area contributed by atoms with Crippen LogP contribution in [0.25, 0.3) is 10.2 Å². The maximum absolute atomic E-state index is 13.2. The second kappa shape index (κ2) is 7.45. The summed E-state index contributed by atoms with van der Waals surface area (Å²) in [6.45, 7) is 3.42. The molecule has 8 heteroatoms. The van der Waals surface area contributed by atoms with Gasteiger partial charge in [0.1, 0.15) is 5.82 Å². The Morgan fingerprint density at radius 3 is 2.80 bits per heavy atom. The van der Waals surface area contributed by atoms with Crippen molar-refractivity contribution in [1.82, 2.24) is 14.8 Å². The van der Waals surface area contributed by atoms with Crippen molar-refractivity contribution in [3.63, 3.8) is 0 Å². The van der Waals surface area contributed by atoms with E-state index in [4.69, 9.17) is 0 Å². The van der Waals surface area contributed by atoms with Crippen molar-refractivity contribution >= 4 is 38.5 Å². The molecule has 134 valence electrons. The number of carbonyl (C=O) groups excluding carboxylic acids is 2. The summed E-state index contributed by atoms with van der Waals surface area (Å²) < 4.78 is 13.9. The van der Waals surface area contributed by atoms with Crippen LogP contribution < -0.4 is 5.32 Å². The van der Waals surface area contributed by atoms with Crippen LogP contribution in [0, 0.1) is 5.82 Å². The molecule has 2 heterocycles. The Balaban J connectivity index is 1.52. The maximum Gasteiger partial charge on any atom is 0.240 e. The topological polar surface area (TPSA) is 65.5 Å². The molecule has 1 N–H and O–H groups in total. The van der Waals surface area contributed by atoms with E-state index in [1.54, 1.807) is 17.9 Å². The molecular formula is C17H21FN4O2S. The highest BCUT2D eigenvalue weighted by atomic mass is 32.1. The third kappa shape index (κ3) is 4.32. The Labute approximate surface area is 149 Å². The molecule has 6 nitrogen and oxygen atoms in total. The highest BCUT2D eigenvalue weighted by Gasteiger charge is 2.24. The number of aromatic nitrogens is 1. The first-order chi connectivity index (χ1) is 11.9. The molecular weight excluding hydrogens is 343 g/mol. The second-order valence-electron chi connectivity index (χ2n) is 6.32. The van der Waals surface area contributed by atoms with Gasteiger partial charge in [-0.05, 0) is 31.0 Å². The summed E-state index contributed by atoms with van der Waals surface area (Å²) in [5.41, 5.74) is 0.676. The molecule has 1 aliphatic heterocycles. The molecule has 3 rings (SSSR count). The summed E-state index contributed by atoms with van der Waals surface area (Å²) in [7, 11) is 1.82. The van der Waals surface area contributed by atoms with Gasteiger partial charge in [0.05, 0.1) is 16.8 Å². The number of rotatable bonds is 4. The van der Waals surface area contributed by atoms with Gasteiger partial charge in [0.2, 0.25) is 11.8 Å². The van der Waals surface area contributed by atoms with Crippen LogP contribution in [-0.4, -0.2) is 59.3 Å². The highest BCUT2D eigenvalue weighted by Crippen LogP contribution is 2.26. The molecule has 0 radical (unpaired) electrons. The number of nitrogens with zero attached hydrogens (tertiary/aromatic N) is 3. The SMILES string of the molecule is CC(=O)N(C)C1CCN(CC(=O)Nc2nc3ccc(F)cc3s2)CC1. The number of anilines is 1. The Bertz CT molecular complexity index is 786. The van der Waals surface area contributed by atoms with E-state index in [2.05, 4.69) is 15.2 Å². The first-order valence-electron chi connectivity index (χ1n) is 8.24. The molecule has 1 aromatic carbocycles. The van der Waals surface area contributed by atoms with E-state index < -0.39 is 0 Å². The van der Waals surface area contributed by atoms with Crippen molar-refractivity contribution in [1.29, 1.82) is 0 Å². The van der Waals surface area contributed by atoms with Crippen LogP contribution in [0.4, 0.5) is 9.52 Å². The number of benzene rings is 1. The van der Waals surface area contributed by atoms with Gasteiger partial charge in [-0.1, -0.05) is 11.3 Å². The fraction of sp³-hybridized carbons (Fsp3) is 0.471. The average Bonchev–Trinajstić information content (AvgIpc) is 2.95. The lowest BCUT2D eigenvalue weighted by molar-refractivity contribution is -0.130. The van der Waals surface area contributed by atoms with Gasteiger partial charge >= 0.3 is 0 Å². The standard InChI is InChI=1S/C17H21FN4O2S/c1-11(23)21(2)13-5-7-22(8-6-13)10-16(24)20-17-19-14-4-3-12(18)9-15(14)25-17/h3-4,9,13H,5-8,10H2,1-2H3,(H,19,20,24). The van der Waals surface area contributed by atoms with E-state index in [0.29, 0.717) is 21.9 Å². The fourth-order valence-electron chi connectivity index (χ4n) is 3.04. The lowest BCUT2D eigenvalue weighted by atomic mass is 10.0. The number of fused-ring (bicyclic) bond motifs is 1. The maximum atomic E-state index is 13.2. The molecule has 0 aliphatic carbocycles. The number of carbonyl (C=O) groups is 2. The van der Waals surface area contributed by atoms with Crippen molar-refractivity contribution in [3.05, 3.63) is 24.0 Å². The van der Waals surface area contributed by atoms with E-state index in [-0.39, 0.29) is 23.7 Å². The average molecular weight is 364 g/mol. The predicted octanol–water partition coefficient (Wildman–Crippen LogP) is 2.32. The monoisotopic (exact) mass is 364 g/mol. The Morgan fingerprint density at radius 1 is 1.40 bits per heavy atom. The first kappa shape index (κ1) is 17.8. The molecule has 0 spiro atoms. The van der Waals surface area contributed by atoms with Gasteiger partial charge in [-0.3, -0.25) is 14.5 Å². The van der Waals surface area contributed by atoms with Crippen molar-refractivity contribution < 1.29 is 14.0 Å². The smallest absolute Gasteiger partial charge is 0.240 e. The largest absolute Gasteiger partial charge is 0.343 e. The van der Waals surface area contributed by atoms with Crippen molar-refractivity contribution in [2.45, 2.75) is 25.8 Å². The molecule has 0 bridgehead atoms. The van der Waals surface area contributed by atoms with Gasteiger partial charge in [-0.25, -0.2) is 9.37 Å². The lowest BCUT2D eigenvalue weighted by Crippen LogP contribution is -2.46. The number of halogens is 1. The molecule has 1 aliphatic rings. The summed E-state index contributed by atoms with van der Waals surface area (Å²) in [6, 6.07) is 4.62. The number of likely N-dealkylation sites (tertiary alicyclic amines) is 1. The van der Waals surface area contributed by atoms with Crippen LogP contribution in [0.15, 0.2) is 18.2 Å². The number of thiazole rings is 1. The quantitative estimate of drug-likeness (QED) is 0.904. The van der Waals surface area contributed by atoms with E-state index in [1.165, 1.54) is 23.5 Å². The molecule has 0 unspecified atom stereocenters. The number of amides is 2. The predicted molar refractivity (Wildman–Crippen MR) is 96.1 cm³/mol. The number of hydrogen-bond donors (Lipinski definition) is 1. The summed E-state index contributed by atoms with van der Waals surface area (Å²) in [5, 5.41) is 3.27. The Hall–Kier alpha value is -2.06. The molecule has 1 fully saturated rings. The van der Waals surface area contributed by atoms with Gasteiger partial charge < -0.3 is 10.2 Å². The van der Waals surface area contributed by atoms with Gasteiger partial charge in [-0.2, -0.15) is 0 Å². The fourth-order valence-corrected chi connectivity index (χ4v) is 3.94. The Morgan fingerprint density at radius 2 is 2.12 bits per heavy atom. The zero-order chi connectivity index (χ0) is 18.0. The zero-order valence-electron chi connectivity index (χ0n) is 14.3. The van der Waals surface area contributed by atoms with E-state index in [1.807, 2.05) is 7.05 Å². The van der Waals surface area contributed by atoms with Gasteiger partial charge in [0.15, 0.2) is 5.13 Å². The normalized spacial score (nSPS) is 16.1. The van der Waals surface area contributed by atoms with E-state index in [0.717, 1.165) is 25.9 Å². The van der Waals surface area contributed by atoms with Crippen molar-refractivity contribution in [3.8, 4) is 0 Å². The summed E-state index contributed by atoms with van der Waals surface area (Å²) >= 11 is 1.26. The van der Waals surface area contributed by atoms with Gasteiger partial charge in [0, 0.05) is 33.1 Å². The molecule has 0 atom stereocenters. The van der Waals surface area contributed by atoms with Crippen molar-refractivity contribution in [2.24, 2.45) is 0 Å². The van der Waals surface area contributed by atoms with Crippen LogP contribution in [0.3, 0.4) is 0 Å². The zero-order valence-corrected chi connectivity index (χ0v) is 15.1. The molecule has 2 amide bonds. The van der Waals surface area contributed by atoms with Gasteiger partial charge in [-0.15, -0.1) is 0 Å². The summed E-state index contributed by atoms with van der Waals surface area (Å²) in [6.07, 6.45) is 1.73. The third-order valence-corrected chi connectivity index (χ3v) is 5.50. The lowest BCUT2D eigenvalue weighted by Gasteiger charge is -2.35. The molecule has 25 heavy (non-hydrogen) atoms. The molecule has 0 saturated carbocycles. The van der Waals surface area contributed by atoms with Crippen molar-refractivity contribution in [2.75, 3.05) is 32.0 Å². The van der Waals surface area contributed by atoms with Crippen LogP contribution >= 0.6 is 11.3 Å². The number of piperidine rings is 1. The van der Waals surface area contributed by atoms with Crippen LogP contribution in [0.1, 0.15) is 19.8 Å². The number of hydrogen-bond acceptors (Lipinski definition) is 5. The van der Waals surface area contributed by atoms with Gasteiger partial charge in [0.25, 0.3) is 0 Å². The minimum Gasteiger partial charge on any atom is -0.343 e. The minimum atomic E-state index is -0.313. The third-order valence-electron chi connectivity index (χ3n) is 4.57. The minimum absolute atomic E-state index is 0.0727. The summed E-state index contributed by atoms with van der Waals surface area (Å²) in [5.74, 6) is -0.367. The van der Waals surface area contributed by atoms with E-state index in [9.17, 15) is 14.0 Å². The first-order valence-corrected chi connectivity index (χ1v) is 9.05. The summed E-state index contributed by atoms with van der Waals surface area (Å²) in [4.78, 5) is 31.8. The van der Waals surface area contributed by atoms with Crippen LogP contribution in [0.2, 0.25) is 0 Å². The van der Waals surface area contributed by atoms with Crippen LogP contribution in [0.5, 0.6) is 0 Å². The molecule has 2 aromatic rings. The Kier molecular flexibility index (Phi) is 5.29. The highest BCUT2D eigenvalue weighted by molar-refractivity contribution is 7.22. The number of nitrogens with one attached hydrogen (secondary N) is 1. The van der Waals surface area contributed by atoms with E-state index >= 15 is 0 Å². The second-order valence-corrected chi connectivity index (χ2v) is 7.35.